The molecule has 284 valence electrons. The summed E-state index contributed by atoms with van der Waals surface area (Å²) in [5, 5.41) is -0.325. The van der Waals surface area contributed by atoms with Crippen LogP contribution in [0.2, 0.25) is 0 Å². The summed E-state index contributed by atoms with van der Waals surface area (Å²) in [6.07, 6.45) is -10.2. The molecule has 0 saturated carbocycles. The van der Waals surface area contributed by atoms with Crippen LogP contribution in [0, 0.1) is 13.8 Å². The molecule has 6 aromatic heterocycles. The van der Waals surface area contributed by atoms with E-state index in [0.717, 1.165) is 36.5 Å². The predicted molar refractivity (Wildman–Crippen MR) is 198 cm³/mol. The Kier molecular flexibility index (Phi) is 7.91. The van der Waals surface area contributed by atoms with Gasteiger partial charge in [0.25, 0.3) is 0 Å². The van der Waals surface area contributed by atoms with Crippen LogP contribution in [0.25, 0.3) is 70.1 Å². The molecule has 0 unspecified atom stereocenters. The van der Waals surface area contributed by atoms with Crippen molar-refractivity contribution in [1.29, 1.82) is 0 Å². The number of para-hydroxylation sites is 2. The van der Waals surface area contributed by atoms with Gasteiger partial charge >= 0.3 is 30.1 Å². The summed E-state index contributed by atoms with van der Waals surface area (Å²) in [7, 11) is 0. The molecule has 0 aliphatic heterocycles. The van der Waals surface area contributed by atoms with Gasteiger partial charge in [-0.15, -0.1) is 68.0 Å². The van der Waals surface area contributed by atoms with Crippen molar-refractivity contribution in [1.82, 2.24) is 9.97 Å². The lowest BCUT2D eigenvalue weighted by Gasteiger charge is -2.25. The van der Waals surface area contributed by atoms with Crippen molar-refractivity contribution in [3.63, 3.8) is 0 Å². The van der Waals surface area contributed by atoms with Gasteiger partial charge in [-0.3, -0.25) is 0 Å². The van der Waals surface area contributed by atoms with E-state index in [0.29, 0.717) is 65.8 Å². The number of aromatic nitrogens is 2. The molecular weight excluding hydrogens is 869 g/mol. The first kappa shape index (κ1) is 37.0. The first-order valence-electron chi connectivity index (χ1n) is 15.5. The molecule has 8 aromatic rings. The number of hydrogen-bond acceptors (Lipinski definition) is 8. The van der Waals surface area contributed by atoms with E-state index in [2.05, 4.69) is 9.97 Å². The lowest BCUT2D eigenvalue weighted by molar-refractivity contribution is -0.254. The standard InChI is InChI=1S/C35H14F12N2S6/c1-11-17(23-25(50-11)21(33(40,41)42)27(54-23)29-48-13-7-3-5-9-15(13)52-29)19-20(32(38,39)35(46,47)31(19,36)37)18-12(2)51-26-22(34(43,44)45)28(55-24(18)26)30-49-14-8-4-6-10-16(14)53-30/h3-10H,1-2H3. The minimum atomic E-state index is -6.13. The number of nitrogens with zero attached hydrogens (tertiary/aromatic N) is 2. The number of allylic oxidation sites excluding steroid dienone is 2. The summed E-state index contributed by atoms with van der Waals surface area (Å²) in [5.74, 6) is -17.5. The molecular formula is C35H14F12N2S6. The second-order valence-electron chi connectivity index (χ2n) is 12.4. The van der Waals surface area contributed by atoms with E-state index in [9.17, 15) is 26.3 Å². The molecule has 6 heterocycles. The first-order valence-corrected chi connectivity index (χ1v) is 20.4. The van der Waals surface area contributed by atoms with Crippen LogP contribution in [0.5, 0.6) is 0 Å². The quantitative estimate of drug-likeness (QED) is 0.165. The van der Waals surface area contributed by atoms with Gasteiger partial charge in [0, 0.05) is 32.0 Å². The minimum Gasteiger partial charge on any atom is -0.235 e. The van der Waals surface area contributed by atoms with E-state index in [1.807, 2.05) is 0 Å². The highest BCUT2D eigenvalue weighted by Gasteiger charge is 2.81. The molecule has 0 radical (unpaired) electrons. The highest BCUT2D eigenvalue weighted by atomic mass is 32.1. The van der Waals surface area contributed by atoms with E-state index >= 15 is 26.3 Å². The Morgan fingerprint density at radius 1 is 0.491 bits per heavy atom. The molecule has 0 N–H and O–H groups in total. The van der Waals surface area contributed by atoms with Crippen molar-refractivity contribution in [2.24, 2.45) is 0 Å². The first-order chi connectivity index (χ1) is 25.6. The van der Waals surface area contributed by atoms with Crippen LogP contribution in [-0.4, -0.2) is 27.7 Å². The lowest BCUT2D eigenvalue weighted by Crippen LogP contribution is -2.48. The van der Waals surface area contributed by atoms with Gasteiger partial charge in [-0.2, -0.15) is 52.7 Å². The number of fused-ring (bicyclic) bond motifs is 4. The number of hydrogen-bond donors (Lipinski definition) is 0. The molecule has 2 nitrogen and oxygen atoms in total. The molecule has 0 spiro atoms. The third-order valence-corrected chi connectivity index (χ3v) is 16.4. The number of thiazole rings is 2. The van der Waals surface area contributed by atoms with Crippen LogP contribution >= 0.6 is 68.0 Å². The summed E-state index contributed by atoms with van der Waals surface area (Å²) in [6.45, 7) is 2.10. The van der Waals surface area contributed by atoms with Crippen molar-refractivity contribution in [2.75, 3.05) is 0 Å². The monoisotopic (exact) mass is 882 g/mol. The largest absolute Gasteiger partial charge is 0.419 e. The van der Waals surface area contributed by atoms with Gasteiger partial charge in [0.1, 0.15) is 10.0 Å². The Morgan fingerprint density at radius 2 is 0.855 bits per heavy atom. The van der Waals surface area contributed by atoms with Gasteiger partial charge in [-0.25, -0.2) is 9.97 Å². The smallest absolute Gasteiger partial charge is 0.235 e. The Labute approximate surface area is 323 Å². The summed E-state index contributed by atoms with van der Waals surface area (Å²) in [5.41, 5.74) is -7.74. The average Bonchev–Trinajstić information content (AvgIpc) is 3.92. The summed E-state index contributed by atoms with van der Waals surface area (Å²) >= 11 is 2.96. The van der Waals surface area contributed by atoms with Gasteiger partial charge in [0.2, 0.25) is 0 Å². The van der Waals surface area contributed by atoms with Gasteiger partial charge in [0.15, 0.2) is 0 Å². The van der Waals surface area contributed by atoms with E-state index < -0.39 is 102 Å². The van der Waals surface area contributed by atoms with Crippen molar-refractivity contribution < 1.29 is 52.7 Å². The van der Waals surface area contributed by atoms with E-state index in [-0.39, 0.29) is 10.0 Å². The zero-order valence-electron chi connectivity index (χ0n) is 27.0. The van der Waals surface area contributed by atoms with Crippen molar-refractivity contribution in [3.8, 4) is 19.8 Å². The second-order valence-corrected chi connectivity index (χ2v) is 19.0. The van der Waals surface area contributed by atoms with E-state index in [4.69, 9.17) is 0 Å². The third-order valence-electron chi connectivity index (χ3n) is 9.11. The number of benzene rings is 2. The number of thiophene rings is 4. The fourth-order valence-electron chi connectivity index (χ4n) is 6.81. The second kappa shape index (κ2) is 11.7. The molecule has 55 heavy (non-hydrogen) atoms. The number of rotatable bonds is 4. The molecule has 20 heteroatoms. The van der Waals surface area contributed by atoms with Crippen molar-refractivity contribution in [2.45, 2.75) is 44.0 Å². The third kappa shape index (κ3) is 5.09. The Hall–Kier alpha value is -3.56. The Morgan fingerprint density at radius 3 is 1.20 bits per heavy atom. The topological polar surface area (TPSA) is 25.8 Å². The van der Waals surface area contributed by atoms with E-state index in [1.54, 1.807) is 36.4 Å². The van der Waals surface area contributed by atoms with Crippen LogP contribution in [0.15, 0.2) is 48.5 Å². The molecule has 0 bridgehead atoms. The van der Waals surface area contributed by atoms with Gasteiger partial charge in [-0.05, 0) is 38.1 Å². The molecule has 2 aromatic carbocycles. The molecule has 1 aliphatic carbocycles. The highest BCUT2D eigenvalue weighted by molar-refractivity contribution is 7.33. The molecule has 1 aliphatic rings. The number of aryl methyl sites for hydroxylation is 2. The summed E-state index contributed by atoms with van der Waals surface area (Å²) in [4.78, 5) is 6.68. The SMILES string of the molecule is Cc1sc2c(C(F)(F)F)c(-c3nc4ccccc4s3)sc2c1C1=C(c2c(C)sc3c(C(F)(F)F)c(-c4nc5ccccc5s4)sc23)C(F)(F)C(F)(F)C1(F)F. The van der Waals surface area contributed by atoms with Gasteiger partial charge in [0.05, 0.1) is 60.1 Å². The molecule has 0 amide bonds. The molecule has 0 fully saturated rings. The number of halogens is 12. The maximum Gasteiger partial charge on any atom is 0.419 e. The summed E-state index contributed by atoms with van der Waals surface area (Å²) in [6, 6.07) is 12.7. The fourth-order valence-corrected chi connectivity index (χ4v) is 14.6. The predicted octanol–water partition coefficient (Wildman–Crippen LogP) is 15.3. The normalized spacial score (nSPS) is 17.3. The van der Waals surface area contributed by atoms with Crippen LogP contribution in [0.1, 0.15) is 32.0 Å². The van der Waals surface area contributed by atoms with Crippen LogP contribution < -0.4 is 0 Å². The molecule has 9 rings (SSSR count). The molecule has 0 saturated heterocycles. The average molecular weight is 883 g/mol. The van der Waals surface area contributed by atoms with Gasteiger partial charge in [-0.1, -0.05) is 24.3 Å². The van der Waals surface area contributed by atoms with Crippen LogP contribution in [0.4, 0.5) is 52.7 Å². The van der Waals surface area contributed by atoms with Crippen LogP contribution in [0.3, 0.4) is 0 Å². The highest BCUT2D eigenvalue weighted by Crippen LogP contribution is 2.69. The maximum atomic E-state index is 16.3. The molecule has 0 atom stereocenters. The van der Waals surface area contributed by atoms with Gasteiger partial charge < -0.3 is 0 Å². The van der Waals surface area contributed by atoms with E-state index in [1.165, 1.54) is 12.1 Å². The fraction of sp³-hybridized carbons (Fsp3) is 0.200. The number of alkyl halides is 12. The van der Waals surface area contributed by atoms with Crippen molar-refractivity contribution in [3.05, 3.63) is 80.5 Å². The lowest BCUT2D eigenvalue weighted by atomic mass is 9.95. The van der Waals surface area contributed by atoms with Crippen molar-refractivity contribution >= 4 is 118 Å². The Bertz CT molecular complexity index is 2670. The van der Waals surface area contributed by atoms with Crippen LogP contribution in [-0.2, 0) is 12.4 Å². The summed E-state index contributed by atoms with van der Waals surface area (Å²) < 4.78 is 184. The zero-order chi connectivity index (χ0) is 39.4. The zero-order valence-corrected chi connectivity index (χ0v) is 31.9. The minimum absolute atomic E-state index is 0.162. The Balaban J connectivity index is 1.38. The maximum absolute atomic E-state index is 16.3.